The molecular formula is C17H18O4. The number of ether oxygens (including phenoxy) is 2. The molecule has 0 N–H and O–H groups in total. The second kappa shape index (κ2) is 4.88. The molecule has 0 amide bonds. The summed E-state index contributed by atoms with van der Waals surface area (Å²) in [5.74, 6) is 0.822. The van der Waals surface area contributed by atoms with Crippen LogP contribution in [-0.2, 0) is 17.6 Å². The zero-order chi connectivity index (χ0) is 14.4. The quantitative estimate of drug-likeness (QED) is 0.643. The normalized spacial score (nSPS) is 20.3. The van der Waals surface area contributed by atoms with Gasteiger partial charge in [0.2, 0.25) is 0 Å². The van der Waals surface area contributed by atoms with Crippen LogP contribution in [0.2, 0.25) is 0 Å². The molecule has 4 heteroatoms. The Labute approximate surface area is 122 Å². The van der Waals surface area contributed by atoms with Gasteiger partial charge >= 0.3 is 5.63 Å². The average molecular weight is 286 g/mol. The van der Waals surface area contributed by atoms with E-state index in [2.05, 4.69) is 0 Å². The van der Waals surface area contributed by atoms with E-state index in [9.17, 15) is 4.79 Å². The van der Waals surface area contributed by atoms with Gasteiger partial charge in [-0.05, 0) is 55.9 Å². The van der Waals surface area contributed by atoms with E-state index in [-0.39, 0.29) is 11.7 Å². The first-order valence-corrected chi connectivity index (χ1v) is 7.56. The molecule has 1 aromatic carbocycles. The Balaban J connectivity index is 1.91. The van der Waals surface area contributed by atoms with Crippen molar-refractivity contribution in [3.05, 3.63) is 39.2 Å². The molecule has 0 bridgehead atoms. The molecule has 4 rings (SSSR count). The summed E-state index contributed by atoms with van der Waals surface area (Å²) in [5.41, 5.74) is 3.46. The van der Waals surface area contributed by atoms with E-state index < -0.39 is 0 Å². The number of fused-ring (bicyclic) bond motifs is 3. The minimum atomic E-state index is -0.181. The van der Waals surface area contributed by atoms with Crippen molar-refractivity contribution < 1.29 is 13.9 Å². The summed E-state index contributed by atoms with van der Waals surface area (Å²) in [6, 6.07) is 3.95. The Morgan fingerprint density at radius 3 is 2.76 bits per heavy atom. The predicted molar refractivity (Wildman–Crippen MR) is 79.1 cm³/mol. The van der Waals surface area contributed by atoms with Crippen LogP contribution < -0.4 is 10.4 Å². The van der Waals surface area contributed by atoms with E-state index in [1.165, 1.54) is 0 Å². The molecule has 1 aliphatic heterocycles. The molecule has 1 unspecified atom stereocenters. The largest absolute Gasteiger partial charge is 0.490 e. The minimum Gasteiger partial charge on any atom is -0.490 e. The summed E-state index contributed by atoms with van der Waals surface area (Å²) in [7, 11) is 0. The molecular weight excluding hydrogens is 268 g/mol. The number of hydrogen-bond donors (Lipinski definition) is 0. The molecule has 2 aromatic rings. The highest BCUT2D eigenvalue weighted by Crippen LogP contribution is 2.34. The van der Waals surface area contributed by atoms with Crippen LogP contribution in [0.5, 0.6) is 5.75 Å². The van der Waals surface area contributed by atoms with Gasteiger partial charge < -0.3 is 13.9 Å². The Bertz CT molecular complexity index is 755. The molecule has 21 heavy (non-hydrogen) atoms. The van der Waals surface area contributed by atoms with Crippen LogP contribution >= 0.6 is 0 Å². The van der Waals surface area contributed by atoms with Crippen molar-refractivity contribution in [1.29, 1.82) is 0 Å². The first-order valence-electron chi connectivity index (χ1n) is 7.56. The van der Waals surface area contributed by atoms with Crippen molar-refractivity contribution >= 4 is 11.0 Å². The van der Waals surface area contributed by atoms with E-state index in [0.717, 1.165) is 60.1 Å². The van der Waals surface area contributed by atoms with Crippen LogP contribution in [0.1, 0.15) is 29.5 Å². The third kappa shape index (κ3) is 2.33. The van der Waals surface area contributed by atoms with Crippen molar-refractivity contribution in [2.45, 2.75) is 38.7 Å². The minimum absolute atomic E-state index is 0.181. The fraction of sp³-hybridized carbons (Fsp3) is 0.471. The molecule has 0 saturated carbocycles. The molecule has 0 radical (unpaired) electrons. The van der Waals surface area contributed by atoms with Gasteiger partial charge in [0, 0.05) is 5.56 Å². The van der Waals surface area contributed by atoms with Gasteiger partial charge in [0.25, 0.3) is 0 Å². The second-order valence-corrected chi connectivity index (χ2v) is 5.96. The highest BCUT2D eigenvalue weighted by molar-refractivity contribution is 5.88. The lowest BCUT2D eigenvalue weighted by molar-refractivity contribution is 0.265. The zero-order valence-corrected chi connectivity index (χ0v) is 12.1. The Morgan fingerprint density at radius 1 is 1.24 bits per heavy atom. The lowest BCUT2D eigenvalue weighted by atomic mass is 9.90. The SMILES string of the molecule is Cc1cc(OCC2CO2)c2c3c(c(=O)oc2c1)CCCC3. The Kier molecular flexibility index (Phi) is 3.00. The lowest BCUT2D eigenvalue weighted by Crippen LogP contribution is -2.16. The first kappa shape index (κ1) is 12.9. The molecule has 1 aromatic heterocycles. The molecule has 4 nitrogen and oxygen atoms in total. The van der Waals surface area contributed by atoms with Crippen molar-refractivity contribution in [2.24, 2.45) is 0 Å². The average Bonchev–Trinajstić information content (AvgIpc) is 3.28. The highest BCUT2D eigenvalue weighted by Gasteiger charge is 2.25. The number of benzene rings is 1. The van der Waals surface area contributed by atoms with Crippen LogP contribution in [-0.4, -0.2) is 19.3 Å². The molecule has 1 fully saturated rings. The van der Waals surface area contributed by atoms with E-state index in [1.807, 2.05) is 19.1 Å². The number of epoxide rings is 1. The molecule has 0 spiro atoms. The maximum Gasteiger partial charge on any atom is 0.339 e. The summed E-state index contributed by atoms with van der Waals surface area (Å²) in [6.45, 7) is 3.32. The van der Waals surface area contributed by atoms with Crippen LogP contribution in [0.3, 0.4) is 0 Å². The summed E-state index contributed by atoms with van der Waals surface area (Å²) < 4.78 is 16.7. The van der Waals surface area contributed by atoms with Gasteiger partial charge in [0.15, 0.2) is 0 Å². The zero-order valence-electron chi connectivity index (χ0n) is 12.1. The third-order valence-corrected chi connectivity index (χ3v) is 4.26. The van der Waals surface area contributed by atoms with E-state index in [0.29, 0.717) is 12.2 Å². The van der Waals surface area contributed by atoms with Crippen molar-refractivity contribution in [1.82, 2.24) is 0 Å². The van der Waals surface area contributed by atoms with E-state index >= 15 is 0 Å². The molecule has 1 aliphatic carbocycles. The summed E-state index contributed by atoms with van der Waals surface area (Å²) in [6.07, 6.45) is 4.13. The van der Waals surface area contributed by atoms with Gasteiger partial charge in [0.1, 0.15) is 24.0 Å². The lowest BCUT2D eigenvalue weighted by Gasteiger charge is -2.18. The topological polar surface area (TPSA) is 52.0 Å². The molecule has 1 saturated heterocycles. The fourth-order valence-corrected chi connectivity index (χ4v) is 3.13. The summed E-state index contributed by atoms with van der Waals surface area (Å²) in [5, 5.41) is 0.982. The van der Waals surface area contributed by atoms with Crippen LogP contribution in [0.25, 0.3) is 11.0 Å². The maximum absolute atomic E-state index is 12.1. The maximum atomic E-state index is 12.1. The standard InChI is InChI=1S/C17H18O4/c1-10-6-14(20-9-11-8-19-11)16-12-4-2-3-5-13(12)17(18)21-15(16)7-10/h6-7,11H,2-5,8-9H2,1H3. The highest BCUT2D eigenvalue weighted by atomic mass is 16.6. The molecule has 1 atom stereocenters. The van der Waals surface area contributed by atoms with Gasteiger partial charge in [0.05, 0.1) is 12.0 Å². The van der Waals surface area contributed by atoms with Crippen LogP contribution in [0.4, 0.5) is 0 Å². The van der Waals surface area contributed by atoms with Crippen molar-refractivity contribution in [2.75, 3.05) is 13.2 Å². The summed E-state index contributed by atoms with van der Waals surface area (Å²) in [4.78, 5) is 12.1. The Hall–Kier alpha value is -1.81. The van der Waals surface area contributed by atoms with Gasteiger partial charge in [-0.3, -0.25) is 0 Å². The fourth-order valence-electron chi connectivity index (χ4n) is 3.13. The number of hydrogen-bond acceptors (Lipinski definition) is 4. The summed E-state index contributed by atoms with van der Waals surface area (Å²) >= 11 is 0. The predicted octanol–water partition coefficient (Wildman–Crippen LogP) is 2.76. The first-order chi connectivity index (χ1) is 10.2. The van der Waals surface area contributed by atoms with Crippen molar-refractivity contribution in [3.63, 3.8) is 0 Å². The van der Waals surface area contributed by atoms with E-state index in [4.69, 9.17) is 13.9 Å². The van der Waals surface area contributed by atoms with Gasteiger partial charge in [-0.25, -0.2) is 4.79 Å². The van der Waals surface area contributed by atoms with Crippen molar-refractivity contribution in [3.8, 4) is 5.75 Å². The monoisotopic (exact) mass is 286 g/mol. The Morgan fingerprint density at radius 2 is 2.00 bits per heavy atom. The van der Waals surface area contributed by atoms with E-state index in [1.54, 1.807) is 0 Å². The number of rotatable bonds is 3. The van der Waals surface area contributed by atoms with Gasteiger partial charge in [-0.1, -0.05) is 0 Å². The third-order valence-electron chi connectivity index (χ3n) is 4.26. The van der Waals surface area contributed by atoms with Gasteiger partial charge in [-0.2, -0.15) is 0 Å². The molecule has 2 aliphatic rings. The van der Waals surface area contributed by atoms with Gasteiger partial charge in [-0.15, -0.1) is 0 Å². The molecule has 110 valence electrons. The van der Waals surface area contributed by atoms with Crippen LogP contribution in [0, 0.1) is 6.92 Å². The second-order valence-electron chi connectivity index (χ2n) is 5.96. The van der Waals surface area contributed by atoms with Crippen LogP contribution in [0.15, 0.2) is 21.3 Å². The molecule has 2 heterocycles. The number of aryl methyl sites for hydroxylation is 2. The smallest absolute Gasteiger partial charge is 0.339 e.